The molecule has 4 rings (SSSR count). The number of halogens is 3. The van der Waals surface area contributed by atoms with Crippen LogP contribution < -0.4 is 5.32 Å². The van der Waals surface area contributed by atoms with Crippen molar-refractivity contribution in [2.75, 3.05) is 5.32 Å². The highest BCUT2D eigenvalue weighted by molar-refractivity contribution is 5.92. The summed E-state index contributed by atoms with van der Waals surface area (Å²) in [6.07, 6.45) is 0.859. The summed E-state index contributed by atoms with van der Waals surface area (Å²) in [4.78, 5) is 16.1. The Labute approximate surface area is 159 Å². The number of anilines is 1. The van der Waals surface area contributed by atoms with Gasteiger partial charge in [-0.05, 0) is 30.2 Å². The number of alkyl halides is 3. The van der Waals surface area contributed by atoms with E-state index in [2.05, 4.69) is 15.4 Å². The predicted octanol–water partition coefficient (Wildman–Crippen LogP) is 3.35. The number of rotatable bonds is 4. The molecule has 1 amide bonds. The maximum absolute atomic E-state index is 13.0. The Morgan fingerprint density at radius 2 is 2.14 bits per heavy atom. The van der Waals surface area contributed by atoms with Gasteiger partial charge >= 0.3 is 6.18 Å². The molecule has 28 heavy (non-hydrogen) atoms. The molecule has 3 heterocycles. The van der Waals surface area contributed by atoms with Gasteiger partial charge in [0.05, 0.1) is 6.54 Å². The lowest BCUT2D eigenvalue weighted by Gasteiger charge is -2.24. The fraction of sp³-hybridized carbons (Fsp3) is 0.316. The first-order valence-corrected chi connectivity index (χ1v) is 8.89. The van der Waals surface area contributed by atoms with E-state index in [0.717, 1.165) is 10.1 Å². The zero-order chi connectivity index (χ0) is 19.7. The predicted molar refractivity (Wildman–Crippen MR) is 95.4 cm³/mol. The Bertz CT molecular complexity index is 978. The van der Waals surface area contributed by atoms with Gasteiger partial charge in [0.15, 0.2) is 0 Å². The fourth-order valence-corrected chi connectivity index (χ4v) is 3.49. The lowest BCUT2D eigenvalue weighted by Crippen LogP contribution is -2.31. The molecular formula is C19H18F3N5O. The van der Waals surface area contributed by atoms with E-state index in [1.165, 1.54) is 6.20 Å². The van der Waals surface area contributed by atoms with Crippen LogP contribution in [-0.4, -0.2) is 25.2 Å². The quantitative estimate of drug-likeness (QED) is 0.744. The minimum absolute atomic E-state index is 0.127. The second-order valence-corrected chi connectivity index (χ2v) is 6.81. The summed E-state index contributed by atoms with van der Waals surface area (Å²) < 4.78 is 41.8. The van der Waals surface area contributed by atoms with E-state index in [1.54, 1.807) is 16.9 Å². The molecule has 0 fully saturated rings. The molecule has 1 aliphatic rings. The number of hydrogen-bond acceptors (Lipinski definition) is 3. The van der Waals surface area contributed by atoms with Gasteiger partial charge in [0.25, 0.3) is 0 Å². The van der Waals surface area contributed by atoms with E-state index >= 15 is 0 Å². The van der Waals surface area contributed by atoms with E-state index in [4.69, 9.17) is 0 Å². The Balaban J connectivity index is 1.43. The normalized spacial score (nSPS) is 16.6. The van der Waals surface area contributed by atoms with Gasteiger partial charge in [0, 0.05) is 48.9 Å². The lowest BCUT2D eigenvalue weighted by molar-refractivity contribution is -0.147. The first-order valence-electron chi connectivity index (χ1n) is 8.89. The Morgan fingerprint density at radius 1 is 1.29 bits per heavy atom. The maximum atomic E-state index is 13.0. The van der Waals surface area contributed by atoms with E-state index in [1.807, 2.05) is 30.5 Å². The molecule has 1 atom stereocenters. The maximum Gasteiger partial charge on any atom is 0.449 e. The van der Waals surface area contributed by atoms with Crippen LogP contribution >= 0.6 is 0 Å². The molecule has 2 aromatic heterocycles. The zero-order valence-electron chi connectivity index (χ0n) is 14.9. The van der Waals surface area contributed by atoms with Crippen LogP contribution in [-0.2, 0) is 30.5 Å². The SMILES string of the molecule is O=C(Nc1cccc(Cn2cccn2)c1)C1CCn2c(cnc2C(F)(F)F)C1. The second kappa shape index (κ2) is 7.14. The van der Waals surface area contributed by atoms with Gasteiger partial charge in [-0.15, -0.1) is 0 Å². The average Bonchev–Trinajstić information content (AvgIpc) is 3.30. The van der Waals surface area contributed by atoms with Crippen molar-refractivity contribution in [1.29, 1.82) is 0 Å². The number of nitrogens with zero attached hydrogens (tertiary/aromatic N) is 4. The number of carbonyl (C=O) groups excluding carboxylic acids is 1. The Kier molecular flexibility index (Phi) is 4.66. The molecule has 1 unspecified atom stereocenters. The van der Waals surface area contributed by atoms with Crippen LogP contribution in [0.25, 0.3) is 0 Å². The second-order valence-electron chi connectivity index (χ2n) is 6.81. The van der Waals surface area contributed by atoms with Crippen LogP contribution in [0.3, 0.4) is 0 Å². The molecule has 9 heteroatoms. The van der Waals surface area contributed by atoms with Crippen LogP contribution in [0.1, 0.15) is 23.5 Å². The summed E-state index contributed by atoms with van der Waals surface area (Å²) in [6, 6.07) is 9.28. The highest BCUT2D eigenvalue weighted by Gasteiger charge is 2.39. The minimum Gasteiger partial charge on any atom is -0.326 e. The summed E-state index contributed by atoms with van der Waals surface area (Å²) in [6.45, 7) is 0.709. The lowest BCUT2D eigenvalue weighted by atomic mass is 9.95. The third kappa shape index (κ3) is 3.78. The van der Waals surface area contributed by atoms with Crippen molar-refractivity contribution in [2.24, 2.45) is 5.92 Å². The summed E-state index contributed by atoms with van der Waals surface area (Å²) in [7, 11) is 0. The van der Waals surface area contributed by atoms with E-state index < -0.39 is 12.0 Å². The summed E-state index contributed by atoms with van der Waals surface area (Å²) in [5.41, 5.74) is 2.08. The van der Waals surface area contributed by atoms with E-state index in [0.29, 0.717) is 24.3 Å². The molecule has 1 aliphatic heterocycles. The van der Waals surface area contributed by atoms with E-state index in [9.17, 15) is 18.0 Å². The van der Waals surface area contributed by atoms with Crippen LogP contribution in [0, 0.1) is 5.92 Å². The van der Waals surface area contributed by atoms with Crippen LogP contribution in [0.15, 0.2) is 48.9 Å². The summed E-state index contributed by atoms with van der Waals surface area (Å²) in [5, 5.41) is 7.04. The highest BCUT2D eigenvalue weighted by Crippen LogP contribution is 2.32. The number of hydrogen-bond donors (Lipinski definition) is 1. The number of imidazole rings is 1. The van der Waals surface area contributed by atoms with Gasteiger partial charge in [-0.1, -0.05) is 12.1 Å². The van der Waals surface area contributed by atoms with Crippen molar-refractivity contribution in [3.8, 4) is 0 Å². The smallest absolute Gasteiger partial charge is 0.326 e. The molecule has 3 aromatic rings. The van der Waals surface area contributed by atoms with Crippen molar-refractivity contribution in [1.82, 2.24) is 19.3 Å². The molecule has 0 bridgehead atoms. The molecule has 0 radical (unpaired) electrons. The van der Waals surface area contributed by atoms with Gasteiger partial charge in [-0.25, -0.2) is 4.98 Å². The van der Waals surface area contributed by atoms with Crippen LogP contribution in [0.2, 0.25) is 0 Å². The molecule has 0 saturated heterocycles. The first kappa shape index (κ1) is 18.3. The molecule has 6 nitrogen and oxygen atoms in total. The van der Waals surface area contributed by atoms with Gasteiger partial charge in [-0.3, -0.25) is 9.48 Å². The van der Waals surface area contributed by atoms with Crippen molar-refractivity contribution in [3.63, 3.8) is 0 Å². The van der Waals surface area contributed by atoms with Crippen LogP contribution in [0.5, 0.6) is 0 Å². The van der Waals surface area contributed by atoms with E-state index in [-0.39, 0.29) is 24.8 Å². The van der Waals surface area contributed by atoms with Gasteiger partial charge in [0.1, 0.15) is 0 Å². The molecular weight excluding hydrogens is 371 g/mol. The number of nitrogens with one attached hydrogen (secondary N) is 1. The standard InChI is InChI=1S/C19H18F3N5O/c20-19(21,22)18-23-11-16-10-14(5-8-27(16)18)17(28)25-15-4-1-3-13(9-15)12-26-7-2-6-24-26/h1-4,6-7,9,11,14H,5,8,10,12H2,(H,25,28). The third-order valence-electron chi connectivity index (χ3n) is 4.82. The Hall–Kier alpha value is -3.10. The van der Waals surface area contributed by atoms with Gasteiger partial charge in [-0.2, -0.15) is 18.3 Å². The van der Waals surface area contributed by atoms with Crippen molar-refractivity contribution < 1.29 is 18.0 Å². The third-order valence-corrected chi connectivity index (χ3v) is 4.82. The number of amides is 1. The summed E-state index contributed by atoms with van der Waals surface area (Å²) >= 11 is 0. The molecule has 0 spiro atoms. The minimum atomic E-state index is -4.48. The first-order chi connectivity index (χ1) is 13.4. The molecule has 0 aliphatic carbocycles. The van der Waals surface area contributed by atoms with Crippen molar-refractivity contribution >= 4 is 11.6 Å². The highest BCUT2D eigenvalue weighted by atomic mass is 19.4. The van der Waals surface area contributed by atoms with Gasteiger partial charge in [0.2, 0.25) is 11.7 Å². The number of fused-ring (bicyclic) bond motifs is 1. The number of carbonyl (C=O) groups is 1. The summed E-state index contributed by atoms with van der Waals surface area (Å²) in [5.74, 6) is -1.48. The average molecular weight is 389 g/mol. The fourth-order valence-electron chi connectivity index (χ4n) is 3.49. The Morgan fingerprint density at radius 3 is 2.89 bits per heavy atom. The monoisotopic (exact) mass is 389 g/mol. The topological polar surface area (TPSA) is 64.7 Å². The van der Waals surface area contributed by atoms with Crippen molar-refractivity contribution in [3.05, 3.63) is 66.0 Å². The van der Waals surface area contributed by atoms with Crippen molar-refractivity contribution in [2.45, 2.75) is 32.1 Å². The largest absolute Gasteiger partial charge is 0.449 e. The number of benzene rings is 1. The van der Waals surface area contributed by atoms with Gasteiger partial charge < -0.3 is 9.88 Å². The zero-order valence-corrected chi connectivity index (χ0v) is 14.9. The molecule has 1 N–H and O–H groups in total. The van der Waals surface area contributed by atoms with Crippen LogP contribution in [0.4, 0.5) is 18.9 Å². The molecule has 1 aromatic carbocycles. The number of aromatic nitrogens is 4. The molecule has 146 valence electrons. The molecule has 0 saturated carbocycles.